The number of aromatic amines is 1. The Bertz CT molecular complexity index is 623. The highest BCUT2D eigenvalue weighted by atomic mass is 79.9. The van der Waals surface area contributed by atoms with Gasteiger partial charge in [-0.1, -0.05) is 6.07 Å². The van der Waals surface area contributed by atoms with Crippen LogP contribution >= 0.6 is 15.9 Å². The number of hydrogen-bond donors (Lipinski definition) is 1. The number of halogens is 1. The smallest absolute Gasteiger partial charge is 0.260 e. The van der Waals surface area contributed by atoms with Gasteiger partial charge in [0.25, 0.3) is 12.1 Å². The van der Waals surface area contributed by atoms with Gasteiger partial charge in [0, 0.05) is 9.40 Å². The van der Waals surface area contributed by atoms with E-state index in [1.165, 1.54) is 0 Å². The number of hydrogen-bond acceptors (Lipinski definition) is 4. The lowest BCUT2D eigenvalue weighted by Crippen LogP contribution is -2.14. The molecule has 0 radical (unpaired) electrons. The highest BCUT2D eigenvalue weighted by molar-refractivity contribution is 9.10. The van der Waals surface area contributed by atoms with Gasteiger partial charge < -0.3 is 4.98 Å². The van der Waals surface area contributed by atoms with E-state index in [4.69, 9.17) is 0 Å². The van der Waals surface area contributed by atoms with E-state index in [0.29, 0.717) is 15.4 Å². The average molecular weight is 284 g/mol. The molecule has 0 aliphatic rings. The van der Waals surface area contributed by atoms with Crippen LogP contribution in [0.5, 0.6) is 0 Å². The van der Waals surface area contributed by atoms with E-state index in [1.54, 1.807) is 18.2 Å². The van der Waals surface area contributed by atoms with E-state index in [-0.39, 0.29) is 11.4 Å². The van der Waals surface area contributed by atoms with Crippen LogP contribution in [0, 0.1) is 10.1 Å². The van der Waals surface area contributed by atoms with Crippen molar-refractivity contribution in [3.63, 3.8) is 0 Å². The molecule has 0 atom stereocenters. The lowest BCUT2D eigenvalue weighted by atomic mass is 10.2. The van der Waals surface area contributed by atoms with E-state index in [1.807, 2.05) is 0 Å². The Kier molecular flexibility index (Phi) is 2.69. The Morgan fingerprint density at radius 2 is 2.25 bits per heavy atom. The van der Waals surface area contributed by atoms with Gasteiger partial charge in [-0.05, 0) is 28.1 Å². The van der Waals surface area contributed by atoms with Crippen molar-refractivity contribution in [3.8, 4) is 0 Å². The summed E-state index contributed by atoms with van der Waals surface area (Å²) in [6.45, 7) is -0.494. The molecular formula is C9H6BrN3O3. The van der Waals surface area contributed by atoms with Gasteiger partial charge in [0.1, 0.15) is 0 Å². The third-order valence-corrected chi connectivity index (χ3v) is 2.65. The Hall–Kier alpha value is -1.76. The number of nitrogens with one attached hydrogen (secondary N) is 1. The minimum atomic E-state index is -0.541. The molecule has 1 heterocycles. The van der Waals surface area contributed by atoms with Crippen molar-refractivity contribution in [2.24, 2.45) is 0 Å². The predicted octanol–water partition coefficient (Wildman–Crippen LogP) is 1.46. The lowest BCUT2D eigenvalue weighted by Gasteiger charge is -2.00. The zero-order valence-electron chi connectivity index (χ0n) is 7.94. The largest absolute Gasteiger partial charge is 0.304 e. The van der Waals surface area contributed by atoms with Crippen LogP contribution in [0.15, 0.2) is 27.5 Å². The van der Waals surface area contributed by atoms with Crippen molar-refractivity contribution in [1.29, 1.82) is 0 Å². The van der Waals surface area contributed by atoms with Gasteiger partial charge in [-0.25, -0.2) is 4.98 Å². The number of nitro groups is 1. The molecule has 2 aromatic rings. The number of H-pyrrole nitrogens is 1. The predicted molar refractivity (Wildman–Crippen MR) is 60.8 cm³/mol. The van der Waals surface area contributed by atoms with E-state index in [0.717, 1.165) is 0 Å². The monoisotopic (exact) mass is 283 g/mol. The van der Waals surface area contributed by atoms with E-state index >= 15 is 0 Å². The zero-order chi connectivity index (χ0) is 11.7. The Labute approximate surface area is 97.6 Å². The molecule has 0 aliphatic heterocycles. The normalized spacial score (nSPS) is 10.6. The number of aromatic nitrogens is 2. The second-order valence-corrected chi connectivity index (χ2v) is 3.99. The summed E-state index contributed by atoms with van der Waals surface area (Å²) in [7, 11) is 0. The van der Waals surface area contributed by atoms with Crippen molar-refractivity contribution < 1.29 is 4.92 Å². The molecule has 16 heavy (non-hydrogen) atoms. The maximum atomic E-state index is 11.6. The number of rotatable bonds is 2. The third-order valence-electron chi connectivity index (χ3n) is 2.01. The van der Waals surface area contributed by atoms with Crippen molar-refractivity contribution in [1.82, 2.24) is 9.97 Å². The van der Waals surface area contributed by atoms with Crippen LogP contribution in [0.3, 0.4) is 0 Å². The van der Waals surface area contributed by atoms with Crippen LogP contribution in [0.25, 0.3) is 10.9 Å². The highest BCUT2D eigenvalue weighted by Crippen LogP contribution is 2.18. The lowest BCUT2D eigenvalue weighted by molar-refractivity contribution is -0.498. The van der Waals surface area contributed by atoms with Crippen LogP contribution in [0.1, 0.15) is 5.82 Å². The molecule has 0 spiro atoms. The minimum Gasteiger partial charge on any atom is -0.304 e. The van der Waals surface area contributed by atoms with Gasteiger partial charge in [-0.2, -0.15) is 0 Å². The van der Waals surface area contributed by atoms with Crippen LogP contribution < -0.4 is 5.56 Å². The highest BCUT2D eigenvalue weighted by Gasteiger charge is 2.09. The summed E-state index contributed by atoms with van der Waals surface area (Å²) in [5, 5.41) is 10.7. The molecule has 1 aromatic carbocycles. The number of para-hydroxylation sites is 1. The summed E-state index contributed by atoms with van der Waals surface area (Å²) in [5.41, 5.74) is 0.0613. The Morgan fingerprint density at radius 3 is 2.94 bits per heavy atom. The fraction of sp³-hybridized carbons (Fsp3) is 0.111. The molecule has 1 N–H and O–H groups in total. The topological polar surface area (TPSA) is 88.9 Å². The maximum Gasteiger partial charge on any atom is 0.260 e. The molecule has 1 aromatic heterocycles. The van der Waals surface area contributed by atoms with Gasteiger partial charge >= 0.3 is 0 Å². The van der Waals surface area contributed by atoms with Crippen LogP contribution in [0.4, 0.5) is 0 Å². The first-order chi connectivity index (χ1) is 7.58. The van der Waals surface area contributed by atoms with E-state index < -0.39 is 11.5 Å². The van der Waals surface area contributed by atoms with Gasteiger partial charge in [-0.15, -0.1) is 0 Å². The Morgan fingerprint density at radius 1 is 1.50 bits per heavy atom. The summed E-state index contributed by atoms with van der Waals surface area (Å²) < 4.78 is 0.640. The summed E-state index contributed by atoms with van der Waals surface area (Å²) in [4.78, 5) is 27.8. The number of fused-ring (bicyclic) bond motifs is 1. The van der Waals surface area contributed by atoms with E-state index in [2.05, 4.69) is 25.9 Å². The SMILES string of the molecule is O=c1[nH]c(C[N+](=O)[O-])nc2c(Br)cccc12. The Balaban J connectivity index is 2.70. The maximum absolute atomic E-state index is 11.6. The molecule has 0 unspecified atom stereocenters. The van der Waals surface area contributed by atoms with E-state index in [9.17, 15) is 14.9 Å². The third kappa shape index (κ3) is 1.94. The molecule has 7 heteroatoms. The van der Waals surface area contributed by atoms with Crippen LogP contribution in [0.2, 0.25) is 0 Å². The minimum absolute atomic E-state index is 0.0504. The summed E-state index contributed by atoms with van der Waals surface area (Å²) in [6, 6.07) is 5.04. The molecular weight excluding hydrogens is 278 g/mol. The number of nitrogens with zero attached hydrogens (tertiary/aromatic N) is 2. The quantitative estimate of drug-likeness (QED) is 0.668. The first-order valence-electron chi connectivity index (χ1n) is 4.37. The molecule has 0 saturated heterocycles. The van der Waals surface area contributed by atoms with Crippen molar-refractivity contribution in [2.75, 3.05) is 0 Å². The van der Waals surface area contributed by atoms with Crippen molar-refractivity contribution in [3.05, 3.63) is 49.0 Å². The molecule has 2 rings (SSSR count). The van der Waals surface area contributed by atoms with Gasteiger partial charge in [-0.3, -0.25) is 14.9 Å². The molecule has 0 bridgehead atoms. The summed E-state index contributed by atoms with van der Waals surface area (Å²) in [5.74, 6) is 0.0504. The molecule has 0 amide bonds. The summed E-state index contributed by atoms with van der Waals surface area (Å²) in [6.07, 6.45) is 0. The second kappa shape index (κ2) is 4.01. The van der Waals surface area contributed by atoms with Crippen molar-refractivity contribution in [2.45, 2.75) is 6.54 Å². The first kappa shape index (κ1) is 10.7. The second-order valence-electron chi connectivity index (χ2n) is 3.14. The van der Waals surface area contributed by atoms with Gasteiger partial charge in [0.15, 0.2) is 5.82 Å². The number of benzene rings is 1. The first-order valence-corrected chi connectivity index (χ1v) is 5.16. The van der Waals surface area contributed by atoms with Crippen LogP contribution in [-0.4, -0.2) is 14.9 Å². The standard InChI is InChI=1S/C9H6BrN3O3/c10-6-3-1-2-5-8(6)11-7(4-13(15)16)12-9(5)14/h1-3H,4H2,(H,11,12,14). The van der Waals surface area contributed by atoms with Gasteiger partial charge in [0.2, 0.25) is 0 Å². The zero-order valence-corrected chi connectivity index (χ0v) is 9.52. The fourth-order valence-corrected chi connectivity index (χ4v) is 1.83. The molecule has 6 nitrogen and oxygen atoms in total. The fourth-order valence-electron chi connectivity index (χ4n) is 1.37. The molecule has 0 aliphatic carbocycles. The molecule has 0 saturated carbocycles. The summed E-state index contributed by atoms with van der Waals surface area (Å²) >= 11 is 3.25. The van der Waals surface area contributed by atoms with Crippen LogP contribution in [-0.2, 0) is 6.54 Å². The molecule has 82 valence electrons. The average Bonchev–Trinajstić information content (AvgIpc) is 2.19. The molecule has 0 fully saturated rings. The van der Waals surface area contributed by atoms with Gasteiger partial charge in [0.05, 0.1) is 10.9 Å². The van der Waals surface area contributed by atoms with Crippen molar-refractivity contribution >= 4 is 26.8 Å².